The lowest BCUT2D eigenvalue weighted by Gasteiger charge is -2.22. The van der Waals surface area contributed by atoms with Crippen LogP contribution in [0.25, 0.3) is 10.9 Å². The van der Waals surface area contributed by atoms with Crippen molar-refractivity contribution in [3.8, 4) is 6.07 Å². The molecule has 2 N–H and O–H groups in total. The van der Waals surface area contributed by atoms with Gasteiger partial charge in [0, 0.05) is 38.9 Å². The van der Waals surface area contributed by atoms with Gasteiger partial charge in [0.05, 0.1) is 35.6 Å². The number of pyridine rings is 1. The van der Waals surface area contributed by atoms with Crippen LogP contribution >= 0.6 is 27.5 Å². The van der Waals surface area contributed by atoms with E-state index < -0.39 is 17.7 Å². The van der Waals surface area contributed by atoms with E-state index in [0.717, 1.165) is 15.4 Å². The van der Waals surface area contributed by atoms with E-state index in [0.29, 0.717) is 39.7 Å². The minimum Gasteiger partial charge on any atom is -0.383 e. The SMILES string of the molecule is CC(C)(C)CNc1c(C#N)cnc2c(Br)cc(NC(c3cn(Cc4c(F)cccc4F)nn3)c3ccccc3Cl)cc12. The predicted molar refractivity (Wildman–Crippen MR) is 165 cm³/mol. The van der Waals surface area contributed by atoms with Gasteiger partial charge in [-0.05, 0) is 57.2 Å². The summed E-state index contributed by atoms with van der Waals surface area (Å²) in [5.41, 5.74) is 3.61. The number of nitrogens with one attached hydrogen (secondary N) is 2. The molecule has 0 aliphatic heterocycles. The van der Waals surface area contributed by atoms with Crippen LogP contribution in [0, 0.1) is 28.4 Å². The molecule has 1 unspecified atom stereocenters. The Morgan fingerprint density at radius 1 is 1.10 bits per heavy atom. The minimum absolute atomic E-state index is 0.0258. The second kappa shape index (κ2) is 12.0. The number of fused-ring (bicyclic) bond motifs is 1. The highest BCUT2D eigenvalue weighted by atomic mass is 79.9. The molecule has 7 nitrogen and oxygen atoms in total. The molecule has 0 aliphatic rings. The summed E-state index contributed by atoms with van der Waals surface area (Å²) in [7, 11) is 0. The standard InChI is InChI=1S/C31H27BrClF2N7/c1-31(2,3)17-38-28-18(13-36)14-37-29-21(28)11-19(12-23(29)32)39-30(20-7-4-5-8-24(20)33)27-16-42(41-40-27)15-22-25(34)9-6-10-26(22)35/h4-12,14,16,30,39H,15,17H2,1-3H3,(H,37,38). The number of anilines is 2. The molecule has 0 saturated carbocycles. The van der Waals surface area contributed by atoms with E-state index in [9.17, 15) is 14.0 Å². The molecule has 0 spiro atoms. The van der Waals surface area contributed by atoms with Gasteiger partial charge in [0.15, 0.2) is 0 Å². The van der Waals surface area contributed by atoms with Crippen LogP contribution < -0.4 is 10.6 Å². The second-order valence-corrected chi connectivity index (χ2v) is 12.3. The zero-order chi connectivity index (χ0) is 30.0. The zero-order valence-corrected chi connectivity index (χ0v) is 25.4. The Bertz CT molecular complexity index is 1790. The van der Waals surface area contributed by atoms with Crippen molar-refractivity contribution in [2.75, 3.05) is 17.2 Å². The first kappa shape index (κ1) is 29.4. The van der Waals surface area contributed by atoms with Gasteiger partial charge in [-0.25, -0.2) is 13.5 Å². The average molecular weight is 651 g/mol. The van der Waals surface area contributed by atoms with E-state index in [2.05, 4.69) is 68.7 Å². The predicted octanol–water partition coefficient (Wildman–Crippen LogP) is 8.10. The molecule has 5 aromatic rings. The van der Waals surface area contributed by atoms with Crippen LogP contribution in [0.2, 0.25) is 5.02 Å². The minimum atomic E-state index is -0.657. The maximum atomic E-state index is 14.3. The number of halogens is 4. The molecule has 1 atom stereocenters. The van der Waals surface area contributed by atoms with Crippen LogP contribution in [0.4, 0.5) is 20.2 Å². The summed E-state index contributed by atoms with van der Waals surface area (Å²) in [4.78, 5) is 4.52. The van der Waals surface area contributed by atoms with Crippen molar-refractivity contribution in [2.24, 2.45) is 5.41 Å². The van der Waals surface area contributed by atoms with E-state index in [4.69, 9.17) is 11.6 Å². The molecule has 0 bridgehead atoms. The number of hydrogen-bond donors (Lipinski definition) is 2. The summed E-state index contributed by atoms with van der Waals surface area (Å²) in [6.45, 7) is 6.85. The molecule has 2 aromatic heterocycles. The summed E-state index contributed by atoms with van der Waals surface area (Å²) in [6, 6.07) is 16.6. The third-order valence-electron chi connectivity index (χ3n) is 6.60. The Kier molecular flexibility index (Phi) is 8.43. The van der Waals surface area contributed by atoms with Gasteiger partial charge >= 0.3 is 0 Å². The lowest BCUT2D eigenvalue weighted by Crippen LogP contribution is -2.20. The molecule has 3 aromatic carbocycles. The zero-order valence-electron chi connectivity index (χ0n) is 23.1. The van der Waals surface area contributed by atoms with Gasteiger partial charge in [0.2, 0.25) is 0 Å². The van der Waals surface area contributed by atoms with Crippen LogP contribution in [-0.2, 0) is 6.54 Å². The van der Waals surface area contributed by atoms with Crippen molar-refractivity contribution < 1.29 is 8.78 Å². The molecule has 0 fully saturated rings. The van der Waals surface area contributed by atoms with Crippen molar-refractivity contribution >= 4 is 49.8 Å². The van der Waals surface area contributed by atoms with Gasteiger partial charge in [-0.3, -0.25) is 4.98 Å². The van der Waals surface area contributed by atoms with E-state index in [1.165, 1.54) is 22.9 Å². The summed E-state index contributed by atoms with van der Waals surface area (Å²) in [5, 5.41) is 26.5. The number of nitrogens with zero attached hydrogens (tertiary/aromatic N) is 5. The fourth-order valence-electron chi connectivity index (χ4n) is 4.53. The van der Waals surface area contributed by atoms with E-state index in [-0.39, 0.29) is 17.5 Å². The van der Waals surface area contributed by atoms with Gasteiger partial charge in [-0.1, -0.05) is 61.9 Å². The number of aromatic nitrogens is 4. The molecule has 5 rings (SSSR count). The molecule has 0 amide bonds. The highest BCUT2D eigenvalue weighted by Gasteiger charge is 2.23. The van der Waals surface area contributed by atoms with Crippen molar-refractivity contribution in [1.29, 1.82) is 5.26 Å². The normalized spacial score (nSPS) is 12.2. The first-order chi connectivity index (χ1) is 20.0. The summed E-state index contributed by atoms with van der Waals surface area (Å²) in [5.74, 6) is -1.31. The molecular weight excluding hydrogens is 624 g/mol. The second-order valence-electron chi connectivity index (χ2n) is 11.1. The largest absolute Gasteiger partial charge is 0.383 e. The lowest BCUT2D eigenvalue weighted by molar-refractivity contribution is 0.443. The van der Waals surface area contributed by atoms with Gasteiger partial charge in [0.25, 0.3) is 0 Å². The number of hydrogen-bond acceptors (Lipinski definition) is 6. The third-order valence-corrected chi connectivity index (χ3v) is 7.55. The number of nitriles is 1. The number of rotatable bonds is 8. The van der Waals surface area contributed by atoms with E-state index >= 15 is 0 Å². The highest BCUT2D eigenvalue weighted by Crippen LogP contribution is 2.37. The van der Waals surface area contributed by atoms with Crippen molar-refractivity contribution in [1.82, 2.24) is 20.0 Å². The highest BCUT2D eigenvalue weighted by molar-refractivity contribution is 9.10. The molecule has 0 saturated heterocycles. The maximum Gasteiger partial charge on any atom is 0.131 e. The molecule has 11 heteroatoms. The molecule has 0 radical (unpaired) electrons. The van der Waals surface area contributed by atoms with Crippen LogP contribution in [-0.4, -0.2) is 26.5 Å². The Hall–Kier alpha value is -4.07. The summed E-state index contributed by atoms with van der Waals surface area (Å²) in [6.07, 6.45) is 3.20. The molecule has 42 heavy (non-hydrogen) atoms. The molecule has 0 aliphatic carbocycles. The van der Waals surface area contributed by atoms with Gasteiger partial charge in [0.1, 0.15) is 23.4 Å². The Morgan fingerprint density at radius 2 is 1.83 bits per heavy atom. The van der Waals surface area contributed by atoms with Crippen molar-refractivity contribution in [3.05, 3.63) is 111 Å². The fourth-order valence-corrected chi connectivity index (χ4v) is 5.33. The Labute approximate surface area is 255 Å². The third kappa shape index (κ3) is 6.37. The fraction of sp³-hybridized carbons (Fsp3) is 0.226. The van der Waals surface area contributed by atoms with Crippen molar-refractivity contribution in [2.45, 2.75) is 33.4 Å². The smallest absolute Gasteiger partial charge is 0.131 e. The van der Waals surface area contributed by atoms with E-state index in [1.54, 1.807) is 18.5 Å². The number of benzene rings is 3. The quantitative estimate of drug-likeness (QED) is 0.176. The average Bonchev–Trinajstić information content (AvgIpc) is 3.41. The van der Waals surface area contributed by atoms with Crippen LogP contribution in [0.5, 0.6) is 0 Å². The van der Waals surface area contributed by atoms with Crippen LogP contribution in [0.15, 0.2) is 71.5 Å². The lowest BCUT2D eigenvalue weighted by atomic mass is 9.96. The topological polar surface area (TPSA) is 91.5 Å². The summed E-state index contributed by atoms with van der Waals surface area (Å²) < 4.78 is 30.7. The molecular formula is C31H27BrClF2N7. The van der Waals surface area contributed by atoms with Gasteiger partial charge in [-0.15, -0.1) is 5.10 Å². The Morgan fingerprint density at radius 3 is 2.52 bits per heavy atom. The Balaban J connectivity index is 1.57. The van der Waals surface area contributed by atoms with Gasteiger partial charge in [-0.2, -0.15) is 5.26 Å². The molecule has 2 heterocycles. The van der Waals surface area contributed by atoms with E-state index in [1.807, 2.05) is 30.3 Å². The first-order valence-corrected chi connectivity index (χ1v) is 14.3. The van der Waals surface area contributed by atoms with Crippen molar-refractivity contribution in [3.63, 3.8) is 0 Å². The maximum absolute atomic E-state index is 14.3. The first-order valence-electron chi connectivity index (χ1n) is 13.1. The molecule has 214 valence electrons. The van der Waals surface area contributed by atoms with Gasteiger partial charge < -0.3 is 10.6 Å². The monoisotopic (exact) mass is 649 g/mol. The summed E-state index contributed by atoms with van der Waals surface area (Å²) >= 11 is 10.3. The van der Waals surface area contributed by atoms with Crippen LogP contribution in [0.3, 0.4) is 0 Å². The van der Waals surface area contributed by atoms with Crippen LogP contribution in [0.1, 0.15) is 49.2 Å².